The van der Waals surface area contributed by atoms with Crippen LogP contribution in [0, 0.1) is 29.6 Å². The van der Waals surface area contributed by atoms with Crippen LogP contribution in [0.3, 0.4) is 0 Å². The summed E-state index contributed by atoms with van der Waals surface area (Å²) in [5, 5.41) is 36.2. The van der Waals surface area contributed by atoms with Gasteiger partial charge in [0.05, 0.1) is 78.0 Å². The van der Waals surface area contributed by atoms with Crippen LogP contribution in [0.5, 0.6) is 5.75 Å². The zero-order chi connectivity index (χ0) is 53.7. The Morgan fingerprint density at radius 1 is 1.00 bits per heavy atom. The van der Waals surface area contributed by atoms with Crippen molar-refractivity contribution >= 4 is 70.3 Å². The molecule has 4 aliphatic rings. The van der Waals surface area contributed by atoms with Crippen molar-refractivity contribution in [2.75, 3.05) is 58.1 Å². The highest BCUT2D eigenvalue weighted by molar-refractivity contribution is 8.00. The number of likely N-dealkylation sites (N-methyl/N-ethyl adjacent to an activating group) is 1. The molecule has 1 aromatic carbocycles. The van der Waals surface area contributed by atoms with Gasteiger partial charge in [0.15, 0.2) is 11.9 Å². The quantitative estimate of drug-likeness (QED) is 0.137. The number of aromatic nitrogens is 1. The van der Waals surface area contributed by atoms with Gasteiger partial charge in [0, 0.05) is 80.2 Å². The highest BCUT2D eigenvalue weighted by Gasteiger charge is 2.61. The number of ketones is 1. The number of cyclic esters (lactones) is 1. The maximum atomic E-state index is 15.0. The largest absolute Gasteiger partial charge is 0.492 e. The minimum Gasteiger partial charge on any atom is -0.492 e. The average molecular weight is 1080 g/mol. The van der Waals surface area contributed by atoms with Crippen molar-refractivity contribution in [2.24, 2.45) is 29.6 Å². The molecule has 2 aromatic rings. The Hall–Kier alpha value is -3.83. The third kappa shape index (κ3) is 12.7. The topological polar surface area (TPSA) is 242 Å². The smallest absolute Gasteiger partial charge is 0.320 e. The molecule has 19 nitrogen and oxygen atoms in total. The maximum absolute atomic E-state index is 15.0. The lowest BCUT2D eigenvalue weighted by atomic mass is 9.70. The number of aliphatic hydroxyl groups excluding tert-OH is 3. The van der Waals surface area contributed by atoms with E-state index in [0.29, 0.717) is 38.3 Å². The molecule has 73 heavy (non-hydrogen) atoms. The summed E-state index contributed by atoms with van der Waals surface area (Å²) in [7, 11) is 3.08. The summed E-state index contributed by atoms with van der Waals surface area (Å²) in [6, 6.07) is 3.53. The second-order valence-corrected chi connectivity index (χ2v) is 22.2. The van der Waals surface area contributed by atoms with Crippen molar-refractivity contribution in [1.29, 1.82) is 0 Å². The second-order valence-electron chi connectivity index (χ2n) is 20.1. The second kappa shape index (κ2) is 24.9. The lowest BCUT2D eigenvalue weighted by Crippen LogP contribution is -2.62. The van der Waals surface area contributed by atoms with E-state index in [1.54, 1.807) is 59.6 Å². The minimum atomic E-state index is -1.49. The van der Waals surface area contributed by atoms with Gasteiger partial charge in [0.2, 0.25) is 0 Å². The van der Waals surface area contributed by atoms with Crippen molar-refractivity contribution in [2.45, 2.75) is 141 Å². The summed E-state index contributed by atoms with van der Waals surface area (Å²) in [6.45, 7) is 14.9. The highest BCUT2D eigenvalue weighted by Crippen LogP contribution is 2.49. The summed E-state index contributed by atoms with van der Waals surface area (Å²) in [5.74, 6) is -6.26. The van der Waals surface area contributed by atoms with Crippen molar-refractivity contribution in [3.63, 3.8) is 0 Å². The number of morpholine rings is 1. The summed E-state index contributed by atoms with van der Waals surface area (Å²) in [4.78, 5) is 77.4. The fourth-order valence-corrected chi connectivity index (χ4v) is 12.7. The van der Waals surface area contributed by atoms with E-state index in [1.807, 2.05) is 6.92 Å². The third-order valence-corrected chi connectivity index (χ3v) is 17.0. The number of carbonyl (C=O) groups excluding carboxylic acids is 5. The number of pyridine rings is 1. The number of hydrogen-bond donors (Lipinski definition) is 4. The molecule has 4 N–H and O–H groups in total. The molecule has 15 atom stereocenters. The molecule has 0 radical (unpaired) electrons. The predicted molar refractivity (Wildman–Crippen MR) is 271 cm³/mol. The van der Waals surface area contributed by atoms with Gasteiger partial charge in [-0.05, 0) is 59.1 Å². The van der Waals surface area contributed by atoms with Gasteiger partial charge in [-0.2, -0.15) is 0 Å². The van der Waals surface area contributed by atoms with Gasteiger partial charge in [0.1, 0.15) is 29.0 Å². The molecule has 0 saturated carbocycles. The van der Waals surface area contributed by atoms with E-state index in [1.165, 1.54) is 55.2 Å². The summed E-state index contributed by atoms with van der Waals surface area (Å²) < 4.78 is 43.3. The van der Waals surface area contributed by atoms with Crippen LogP contribution in [0.1, 0.15) is 90.6 Å². The van der Waals surface area contributed by atoms with Gasteiger partial charge in [0.25, 0.3) is 5.91 Å². The molecule has 5 heterocycles. The molecule has 22 heteroatoms. The van der Waals surface area contributed by atoms with E-state index in [4.69, 9.17) is 56.4 Å². The summed E-state index contributed by atoms with van der Waals surface area (Å²) in [6.07, 6.45) is -3.49. The van der Waals surface area contributed by atoms with Crippen molar-refractivity contribution in [3.8, 4) is 5.75 Å². The number of urea groups is 1. The molecular formula is C51H72Cl2N4O15S. The molecule has 6 rings (SSSR count). The van der Waals surface area contributed by atoms with Crippen molar-refractivity contribution < 1.29 is 72.5 Å². The first-order valence-corrected chi connectivity index (χ1v) is 26.7. The number of amides is 3. The number of esters is 2. The van der Waals surface area contributed by atoms with Gasteiger partial charge in [-0.15, -0.1) is 11.8 Å². The number of benzene rings is 1. The van der Waals surface area contributed by atoms with Gasteiger partial charge in [-0.25, -0.2) is 4.79 Å². The van der Waals surface area contributed by atoms with Crippen LogP contribution < -0.4 is 10.1 Å². The maximum Gasteiger partial charge on any atom is 0.320 e. The number of anilines is 1. The first-order valence-electron chi connectivity index (χ1n) is 24.9. The Balaban J connectivity index is 1.25. The normalized spacial score (nSPS) is 34.5. The van der Waals surface area contributed by atoms with Gasteiger partial charge < -0.3 is 63.6 Å². The van der Waals surface area contributed by atoms with Crippen LogP contribution in [-0.4, -0.2) is 172 Å². The standard InChI is InChI=1S/C51H72Cl2N4O15S/c1-11-37-51(8)38(43(47(64)72-51)73-19-18-68-36-21-31(12-13-32(36)25-58)45(62)55-39-33(52)23-54-24-34(39)53)28(4)40(59)26(2)22-50(7,66-10)44(29(5)41(60)30(6)46(63)70-37)71-48-42(61)35(20-27(3)69-48)56(9)49(65)57-14-16-67-17-15-57/h12-13,21,23-24,26-30,35,37-38,41-44,48,58,60-61H,11,14-20,22,25H2,1-10H3,(H,54,55,62)/t26-,27-,28-,29+,30-,35+,37-,38+,41+,42-,43+,44-,48+,50-,51-/m1/s1. The molecule has 3 amide bonds. The number of nitrogens with one attached hydrogen (secondary N) is 1. The average Bonchev–Trinajstić information content (AvgIpc) is 3.64. The van der Waals surface area contributed by atoms with Crippen LogP contribution in [0.4, 0.5) is 10.5 Å². The Morgan fingerprint density at radius 2 is 1.67 bits per heavy atom. The molecule has 406 valence electrons. The lowest BCUT2D eigenvalue weighted by molar-refractivity contribution is -0.300. The molecular weight excluding hydrogens is 1010 g/mol. The van der Waals surface area contributed by atoms with E-state index in [-0.39, 0.29) is 64.1 Å². The van der Waals surface area contributed by atoms with Crippen LogP contribution in [0.15, 0.2) is 30.6 Å². The number of fused-ring (bicyclic) bond motifs is 1. The molecule has 4 aliphatic heterocycles. The first-order chi connectivity index (χ1) is 34.5. The third-order valence-electron chi connectivity index (χ3n) is 15.2. The zero-order valence-electron chi connectivity index (χ0n) is 43.2. The SMILES string of the molecule is CC[C@H]1OC(=O)[C@H](C)[C@@H](O)[C@H](C)[C@@H](O[C@@H]2O[C@H](C)C[C@H](N(C)C(=O)N3CCOCC3)[C@H]2O)[C@](C)(OC)C[C@@H](C)C(=O)[C@H](C)[C@H]2[C@H](SCCOc3cc(C(=O)Nc4c(Cl)cncc4Cl)ccc3CO)C(=O)O[C@@]21C. The number of rotatable bonds is 13. The highest BCUT2D eigenvalue weighted by atomic mass is 35.5. The fraction of sp³-hybridized carbons (Fsp3) is 0.686. The Labute approximate surface area is 441 Å². The van der Waals surface area contributed by atoms with E-state index in [9.17, 15) is 39.3 Å². The zero-order valence-corrected chi connectivity index (χ0v) is 45.5. The summed E-state index contributed by atoms with van der Waals surface area (Å²) >= 11 is 13.6. The van der Waals surface area contributed by atoms with Crippen molar-refractivity contribution in [1.82, 2.24) is 14.8 Å². The van der Waals surface area contributed by atoms with E-state index in [0.717, 1.165) is 0 Å². The Bertz CT molecular complexity index is 2280. The molecule has 4 saturated heterocycles. The van der Waals surface area contributed by atoms with Gasteiger partial charge in [-0.3, -0.25) is 24.2 Å². The molecule has 0 unspecified atom stereocenters. The molecule has 0 spiro atoms. The van der Waals surface area contributed by atoms with E-state index in [2.05, 4.69) is 10.3 Å². The van der Waals surface area contributed by atoms with Crippen molar-refractivity contribution in [3.05, 3.63) is 51.8 Å². The van der Waals surface area contributed by atoms with Crippen LogP contribution >= 0.6 is 35.0 Å². The lowest BCUT2D eigenvalue weighted by Gasteiger charge is -2.48. The van der Waals surface area contributed by atoms with Crippen LogP contribution in [0.25, 0.3) is 0 Å². The van der Waals surface area contributed by atoms with Crippen LogP contribution in [-0.2, 0) is 49.4 Å². The fourth-order valence-electron chi connectivity index (χ4n) is 10.9. The number of halogens is 2. The number of carbonyl (C=O) groups is 5. The predicted octanol–water partition coefficient (Wildman–Crippen LogP) is 5.78. The monoisotopic (exact) mass is 1080 g/mol. The Morgan fingerprint density at radius 3 is 2.30 bits per heavy atom. The number of hydrogen-bond acceptors (Lipinski definition) is 17. The molecule has 0 bridgehead atoms. The Kier molecular flexibility index (Phi) is 19.9. The number of Topliss-reactive ketones (excluding diaryl/α,β-unsaturated/α-hetero) is 1. The van der Waals surface area contributed by atoms with E-state index < -0.39 is 113 Å². The summed E-state index contributed by atoms with van der Waals surface area (Å²) in [5.41, 5.74) is -2.10. The molecule has 1 aromatic heterocycles. The van der Waals surface area contributed by atoms with Gasteiger partial charge in [-0.1, -0.05) is 57.0 Å². The number of nitrogens with zero attached hydrogens (tertiary/aromatic N) is 3. The number of ether oxygens (including phenoxy) is 7. The number of methoxy groups -OCH3 is 1. The minimum absolute atomic E-state index is 0.00343. The van der Waals surface area contributed by atoms with Gasteiger partial charge >= 0.3 is 18.0 Å². The molecule has 4 fully saturated rings. The molecule has 0 aliphatic carbocycles. The van der Waals surface area contributed by atoms with E-state index >= 15 is 0 Å². The number of aliphatic hydroxyl groups is 3. The first kappa shape index (κ1) is 58.4. The number of thioether (sulfide) groups is 1. The van der Waals surface area contributed by atoms with Crippen LogP contribution in [0.2, 0.25) is 10.0 Å².